The van der Waals surface area contributed by atoms with Gasteiger partial charge in [-0.1, -0.05) is 24.3 Å². The molecule has 0 fully saturated rings. The van der Waals surface area contributed by atoms with Crippen LogP contribution < -0.4 is 14.2 Å². The van der Waals surface area contributed by atoms with Crippen LogP contribution in [0.3, 0.4) is 0 Å². The average Bonchev–Trinajstić information content (AvgIpc) is 3.36. The van der Waals surface area contributed by atoms with Gasteiger partial charge in [0, 0.05) is 34.7 Å². The largest absolute Gasteiger partial charge is 0.497 e. The molecule has 2 aliphatic rings. The van der Waals surface area contributed by atoms with E-state index < -0.39 is 0 Å². The van der Waals surface area contributed by atoms with Crippen molar-refractivity contribution in [2.45, 2.75) is 38.5 Å². The maximum absolute atomic E-state index is 14.6. The van der Waals surface area contributed by atoms with Crippen molar-refractivity contribution < 1.29 is 23.0 Å². The number of rotatable bonds is 6. The SMILES string of the molecule is COc1ccc2[nH]c3c(c2c1)CC1c2cc(OCc4ccc(C)cc4F)c(OC)cc2CCN1C3c1ccc(F)cc1. The van der Waals surface area contributed by atoms with E-state index in [0.29, 0.717) is 17.1 Å². The van der Waals surface area contributed by atoms with E-state index in [9.17, 15) is 8.78 Å². The summed E-state index contributed by atoms with van der Waals surface area (Å²) in [6.45, 7) is 2.79. The molecule has 0 bridgehead atoms. The molecular weight excluding hydrogens is 534 g/mol. The lowest BCUT2D eigenvalue weighted by molar-refractivity contribution is 0.127. The summed E-state index contributed by atoms with van der Waals surface area (Å²) in [5.74, 6) is 1.49. The quantitative estimate of drug-likeness (QED) is 0.230. The molecule has 2 unspecified atom stereocenters. The molecule has 0 saturated heterocycles. The fourth-order valence-electron chi connectivity index (χ4n) is 6.65. The van der Waals surface area contributed by atoms with Gasteiger partial charge in [0.25, 0.3) is 0 Å². The predicted molar refractivity (Wildman–Crippen MR) is 158 cm³/mol. The van der Waals surface area contributed by atoms with E-state index in [0.717, 1.165) is 58.4 Å². The number of aromatic nitrogens is 1. The maximum atomic E-state index is 14.6. The predicted octanol–water partition coefficient (Wildman–Crippen LogP) is 7.60. The molecule has 0 aliphatic carbocycles. The Morgan fingerprint density at radius 3 is 2.50 bits per heavy atom. The van der Waals surface area contributed by atoms with E-state index in [1.807, 2.05) is 31.2 Å². The topological polar surface area (TPSA) is 46.7 Å². The van der Waals surface area contributed by atoms with E-state index >= 15 is 0 Å². The van der Waals surface area contributed by atoms with Gasteiger partial charge in [0.2, 0.25) is 0 Å². The molecule has 3 heterocycles. The zero-order chi connectivity index (χ0) is 29.0. The van der Waals surface area contributed by atoms with Crippen LogP contribution in [0.2, 0.25) is 0 Å². The Kier molecular flexibility index (Phi) is 6.62. The molecular formula is C35H32F2N2O3. The van der Waals surface area contributed by atoms with Crippen molar-refractivity contribution >= 4 is 10.9 Å². The van der Waals surface area contributed by atoms with Crippen LogP contribution in [0.5, 0.6) is 17.2 Å². The second kappa shape index (κ2) is 10.5. The molecule has 0 spiro atoms. The summed E-state index contributed by atoms with van der Waals surface area (Å²) < 4.78 is 46.1. The van der Waals surface area contributed by atoms with Crippen LogP contribution in [0.1, 0.15) is 51.2 Å². The van der Waals surface area contributed by atoms with Crippen molar-refractivity contribution in [2.24, 2.45) is 0 Å². The number of aromatic amines is 1. The van der Waals surface area contributed by atoms with Crippen LogP contribution in [0.15, 0.2) is 72.8 Å². The Labute approximate surface area is 243 Å². The van der Waals surface area contributed by atoms with Gasteiger partial charge >= 0.3 is 0 Å². The van der Waals surface area contributed by atoms with Gasteiger partial charge in [-0.3, -0.25) is 4.90 Å². The molecule has 1 N–H and O–H groups in total. The third-order valence-corrected chi connectivity index (χ3v) is 8.75. The van der Waals surface area contributed by atoms with Crippen LogP contribution in [-0.2, 0) is 19.4 Å². The highest BCUT2D eigenvalue weighted by atomic mass is 19.1. The Morgan fingerprint density at radius 2 is 1.74 bits per heavy atom. The minimum Gasteiger partial charge on any atom is -0.497 e. The first-order valence-corrected chi connectivity index (χ1v) is 14.2. The van der Waals surface area contributed by atoms with E-state index in [1.54, 1.807) is 20.3 Å². The molecule has 0 saturated carbocycles. The number of H-pyrrole nitrogens is 1. The highest BCUT2D eigenvalue weighted by molar-refractivity contribution is 5.87. The van der Waals surface area contributed by atoms with Gasteiger partial charge in [-0.2, -0.15) is 0 Å². The average molecular weight is 567 g/mol. The standard InChI is InChI=1S/C35H32F2N2O3/c1-20-4-5-23(29(37)14-20)19-42-33-18-26-22(15-32(33)41-3)12-13-39-31(26)17-28-27-16-25(40-2)10-11-30(27)38-34(28)35(39)21-6-8-24(36)9-7-21/h4-11,14-16,18,31,35,38H,12-13,17,19H2,1-3H3. The number of hydrogen-bond acceptors (Lipinski definition) is 4. The molecule has 0 amide bonds. The number of methoxy groups -OCH3 is 2. The van der Waals surface area contributed by atoms with Gasteiger partial charge in [-0.15, -0.1) is 0 Å². The van der Waals surface area contributed by atoms with E-state index in [-0.39, 0.29) is 30.3 Å². The first-order chi connectivity index (χ1) is 20.4. The van der Waals surface area contributed by atoms with Crippen LogP contribution in [-0.4, -0.2) is 30.6 Å². The van der Waals surface area contributed by atoms with Gasteiger partial charge in [0.1, 0.15) is 24.0 Å². The van der Waals surface area contributed by atoms with E-state index in [2.05, 4.69) is 34.1 Å². The lowest BCUT2D eigenvalue weighted by Gasteiger charge is -2.46. The van der Waals surface area contributed by atoms with Crippen molar-refractivity contribution in [3.8, 4) is 17.2 Å². The molecule has 7 heteroatoms. The lowest BCUT2D eigenvalue weighted by Crippen LogP contribution is -2.43. The molecule has 5 nitrogen and oxygen atoms in total. The molecule has 5 aromatic rings. The number of hydrogen-bond donors (Lipinski definition) is 1. The summed E-state index contributed by atoms with van der Waals surface area (Å²) in [6.07, 6.45) is 1.61. The fourth-order valence-corrected chi connectivity index (χ4v) is 6.65. The number of nitrogens with one attached hydrogen (secondary N) is 1. The van der Waals surface area contributed by atoms with Gasteiger partial charge in [0.05, 0.1) is 20.3 Å². The van der Waals surface area contributed by atoms with Crippen molar-refractivity contribution in [1.29, 1.82) is 0 Å². The smallest absolute Gasteiger partial charge is 0.162 e. The summed E-state index contributed by atoms with van der Waals surface area (Å²) in [6, 6.07) is 22.2. The summed E-state index contributed by atoms with van der Waals surface area (Å²) in [4.78, 5) is 6.19. The van der Waals surface area contributed by atoms with E-state index in [4.69, 9.17) is 14.2 Å². The van der Waals surface area contributed by atoms with E-state index in [1.165, 1.54) is 29.3 Å². The number of benzene rings is 4. The molecule has 0 radical (unpaired) electrons. The third kappa shape index (κ3) is 4.49. The van der Waals surface area contributed by atoms with Gasteiger partial charge in [0.15, 0.2) is 11.5 Å². The summed E-state index contributed by atoms with van der Waals surface area (Å²) >= 11 is 0. The summed E-state index contributed by atoms with van der Waals surface area (Å²) in [5, 5.41) is 1.13. The van der Waals surface area contributed by atoms with Crippen molar-refractivity contribution in [2.75, 3.05) is 20.8 Å². The summed E-state index contributed by atoms with van der Waals surface area (Å²) in [7, 11) is 3.31. The second-order valence-corrected chi connectivity index (χ2v) is 11.2. The zero-order valence-corrected chi connectivity index (χ0v) is 23.8. The number of aryl methyl sites for hydroxylation is 1. The monoisotopic (exact) mass is 566 g/mol. The number of fused-ring (bicyclic) bond motifs is 6. The third-order valence-electron chi connectivity index (χ3n) is 8.75. The van der Waals surface area contributed by atoms with Gasteiger partial charge in [-0.05, 0) is 96.1 Å². The molecule has 42 heavy (non-hydrogen) atoms. The Bertz CT molecular complexity index is 1800. The molecule has 1 aromatic heterocycles. The molecule has 4 aromatic carbocycles. The second-order valence-electron chi connectivity index (χ2n) is 11.2. The fraction of sp³-hybridized carbons (Fsp3) is 0.257. The zero-order valence-electron chi connectivity index (χ0n) is 23.8. The first-order valence-electron chi connectivity index (χ1n) is 14.2. The minimum absolute atomic E-state index is 0.0471. The Hall–Kier alpha value is -4.36. The van der Waals surface area contributed by atoms with Crippen LogP contribution in [0.25, 0.3) is 10.9 Å². The van der Waals surface area contributed by atoms with Crippen molar-refractivity contribution in [1.82, 2.24) is 9.88 Å². The van der Waals surface area contributed by atoms with Crippen molar-refractivity contribution in [3.05, 3.63) is 124 Å². The number of nitrogens with zero attached hydrogens (tertiary/aromatic N) is 1. The Balaban J connectivity index is 1.33. The van der Waals surface area contributed by atoms with Gasteiger partial charge in [-0.25, -0.2) is 8.78 Å². The lowest BCUT2D eigenvalue weighted by atomic mass is 9.80. The normalized spacial score (nSPS) is 17.8. The van der Waals surface area contributed by atoms with Crippen molar-refractivity contribution in [3.63, 3.8) is 0 Å². The Morgan fingerprint density at radius 1 is 0.905 bits per heavy atom. The maximum Gasteiger partial charge on any atom is 0.162 e. The molecule has 214 valence electrons. The number of halogens is 2. The highest BCUT2D eigenvalue weighted by Crippen LogP contribution is 2.50. The van der Waals surface area contributed by atoms with Crippen LogP contribution in [0, 0.1) is 18.6 Å². The first kappa shape index (κ1) is 26.5. The molecule has 2 aliphatic heterocycles. The minimum atomic E-state index is -0.283. The van der Waals surface area contributed by atoms with Gasteiger partial charge < -0.3 is 19.2 Å². The molecule has 7 rings (SSSR count). The summed E-state index contributed by atoms with van der Waals surface area (Å²) in [5.41, 5.74) is 8.17. The number of ether oxygens (including phenoxy) is 3. The van der Waals surface area contributed by atoms with Crippen LogP contribution in [0.4, 0.5) is 8.78 Å². The molecule has 2 atom stereocenters. The highest BCUT2D eigenvalue weighted by Gasteiger charge is 2.41. The van der Waals surface area contributed by atoms with Crippen LogP contribution >= 0.6 is 0 Å².